The van der Waals surface area contributed by atoms with Crippen LogP contribution in [0.4, 0.5) is 4.79 Å². The van der Waals surface area contributed by atoms with Gasteiger partial charge in [-0.05, 0) is 31.1 Å². The van der Waals surface area contributed by atoms with Gasteiger partial charge in [0, 0.05) is 6.04 Å². The lowest BCUT2D eigenvalue weighted by Gasteiger charge is -2.34. The molecule has 0 bridgehead atoms. The molecule has 1 aliphatic carbocycles. The van der Waals surface area contributed by atoms with Crippen LogP contribution in [-0.4, -0.2) is 40.9 Å². The zero-order valence-electron chi connectivity index (χ0n) is 14.6. The highest BCUT2D eigenvalue weighted by Crippen LogP contribution is 2.29. The van der Waals surface area contributed by atoms with E-state index in [2.05, 4.69) is 24.5 Å². The molecule has 1 aliphatic heterocycles. The predicted octanol–water partition coefficient (Wildman–Crippen LogP) is 2.04. The smallest absolute Gasteiger partial charge is 0.325 e. The van der Waals surface area contributed by atoms with Crippen LogP contribution in [0.5, 0.6) is 0 Å². The highest BCUT2D eigenvalue weighted by atomic mass is 16.2. The highest BCUT2D eigenvalue weighted by Gasteiger charge is 2.49. The van der Waals surface area contributed by atoms with Crippen LogP contribution in [0.3, 0.4) is 0 Å². The molecule has 2 aliphatic rings. The van der Waals surface area contributed by atoms with Crippen molar-refractivity contribution in [3.8, 4) is 0 Å². The summed E-state index contributed by atoms with van der Waals surface area (Å²) >= 11 is 0. The maximum absolute atomic E-state index is 12.5. The van der Waals surface area contributed by atoms with Gasteiger partial charge in [-0.15, -0.1) is 0 Å². The van der Waals surface area contributed by atoms with Crippen molar-refractivity contribution in [3.05, 3.63) is 0 Å². The van der Waals surface area contributed by atoms with Crippen LogP contribution in [0.25, 0.3) is 0 Å². The van der Waals surface area contributed by atoms with E-state index in [9.17, 15) is 14.4 Å². The quantitative estimate of drug-likeness (QED) is 0.760. The average Bonchev–Trinajstić information content (AvgIpc) is 2.76. The van der Waals surface area contributed by atoms with Crippen molar-refractivity contribution in [2.75, 3.05) is 6.54 Å². The van der Waals surface area contributed by atoms with Crippen molar-refractivity contribution in [3.63, 3.8) is 0 Å². The zero-order valence-corrected chi connectivity index (χ0v) is 14.6. The Kier molecular flexibility index (Phi) is 5.32. The van der Waals surface area contributed by atoms with Gasteiger partial charge in [-0.3, -0.25) is 14.5 Å². The van der Waals surface area contributed by atoms with E-state index < -0.39 is 11.6 Å². The second kappa shape index (κ2) is 6.89. The first-order valence-electron chi connectivity index (χ1n) is 8.78. The van der Waals surface area contributed by atoms with Gasteiger partial charge in [-0.1, -0.05) is 40.5 Å². The topological polar surface area (TPSA) is 78.5 Å². The molecule has 130 valence electrons. The van der Waals surface area contributed by atoms with Crippen molar-refractivity contribution in [2.45, 2.75) is 71.4 Å². The maximum Gasteiger partial charge on any atom is 0.325 e. The van der Waals surface area contributed by atoms with Gasteiger partial charge in [0.1, 0.15) is 12.1 Å². The van der Waals surface area contributed by atoms with Crippen LogP contribution in [0.2, 0.25) is 0 Å². The number of hydrogen-bond donors (Lipinski definition) is 2. The van der Waals surface area contributed by atoms with Gasteiger partial charge in [0.2, 0.25) is 5.91 Å². The Labute approximate surface area is 138 Å². The summed E-state index contributed by atoms with van der Waals surface area (Å²) in [5.74, 6) is 0.468. The number of hydrogen-bond acceptors (Lipinski definition) is 3. The second-order valence-corrected chi connectivity index (χ2v) is 7.05. The van der Waals surface area contributed by atoms with Crippen LogP contribution in [0.15, 0.2) is 0 Å². The Morgan fingerprint density at radius 1 is 1.26 bits per heavy atom. The van der Waals surface area contributed by atoms with Crippen molar-refractivity contribution < 1.29 is 14.4 Å². The summed E-state index contributed by atoms with van der Waals surface area (Å²) in [6, 6.07) is -0.326. The number of imide groups is 1. The summed E-state index contributed by atoms with van der Waals surface area (Å²) in [6.45, 7) is 7.91. The first-order chi connectivity index (χ1) is 10.8. The molecular weight excluding hydrogens is 294 g/mol. The molecule has 0 aromatic rings. The first-order valence-corrected chi connectivity index (χ1v) is 8.78. The van der Waals surface area contributed by atoms with Crippen molar-refractivity contribution >= 4 is 17.8 Å². The maximum atomic E-state index is 12.5. The fourth-order valence-corrected chi connectivity index (χ4v) is 3.73. The summed E-state index contributed by atoms with van der Waals surface area (Å²) in [7, 11) is 0. The first kappa shape index (κ1) is 17.8. The third kappa shape index (κ3) is 3.35. The minimum absolute atomic E-state index is 0.133. The summed E-state index contributed by atoms with van der Waals surface area (Å²) in [4.78, 5) is 38.0. The largest absolute Gasteiger partial charge is 0.352 e. The van der Waals surface area contributed by atoms with E-state index in [0.717, 1.165) is 17.7 Å². The molecule has 2 rings (SSSR count). The molecule has 2 N–H and O–H groups in total. The van der Waals surface area contributed by atoms with Crippen LogP contribution in [0.1, 0.15) is 59.8 Å². The summed E-state index contributed by atoms with van der Waals surface area (Å²) in [5, 5.41) is 5.77. The Balaban J connectivity index is 1.97. The van der Waals surface area contributed by atoms with Crippen molar-refractivity contribution in [2.24, 2.45) is 11.8 Å². The third-order valence-electron chi connectivity index (χ3n) is 5.81. The Hall–Kier alpha value is -1.59. The molecule has 3 unspecified atom stereocenters. The molecule has 6 nitrogen and oxygen atoms in total. The van der Waals surface area contributed by atoms with Crippen LogP contribution < -0.4 is 10.6 Å². The van der Waals surface area contributed by atoms with Crippen LogP contribution in [-0.2, 0) is 9.59 Å². The van der Waals surface area contributed by atoms with E-state index >= 15 is 0 Å². The van der Waals surface area contributed by atoms with Gasteiger partial charge in [-0.2, -0.15) is 0 Å². The van der Waals surface area contributed by atoms with Crippen LogP contribution in [0, 0.1) is 11.8 Å². The standard InChI is InChI=1S/C17H29N3O3/c1-5-17(6-2)15(22)20(16(23)19-17)10-14(21)18-13-9-7-8-11(3)12(13)4/h11-13H,5-10H2,1-4H3,(H,18,21)(H,19,23). The lowest BCUT2D eigenvalue weighted by atomic mass is 9.78. The lowest BCUT2D eigenvalue weighted by molar-refractivity contribution is -0.135. The van der Waals surface area contributed by atoms with E-state index in [0.29, 0.717) is 24.7 Å². The molecule has 0 spiro atoms. The van der Waals surface area contributed by atoms with Gasteiger partial charge in [0.15, 0.2) is 0 Å². The normalized spacial score (nSPS) is 30.3. The fourth-order valence-electron chi connectivity index (χ4n) is 3.73. The zero-order chi connectivity index (χ0) is 17.2. The number of carbonyl (C=O) groups is 3. The molecule has 0 radical (unpaired) electrons. The van der Waals surface area contributed by atoms with Gasteiger partial charge >= 0.3 is 6.03 Å². The molecule has 1 saturated carbocycles. The molecular formula is C17H29N3O3. The summed E-state index contributed by atoms with van der Waals surface area (Å²) < 4.78 is 0. The van der Waals surface area contributed by atoms with E-state index in [1.807, 2.05) is 13.8 Å². The Bertz CT molecular complexity index is 487. The Morgan fingerprint density at radius 2 is 1.91 bits per heavy atom. The van der Waals surface area contributed by atoms with Gasteiger partial charge in [0.25, 0.3) is 5.91 Å². The Morgan fingerprint density at radius 3 is 2.48 bits per heavy atom. The number of nitrogens with one attached hydrogen (secondary N) is 2. The molecule has 4 amide bonds. The van der Waals surface area contributed by atoms with Crippen LogP contribution >= 0.6 is 0 Å². The molecule has 0 aromatic heterocycles. The summed E-state index contributed by atoms with van der Waals surface area (Å²) in [5.41, 5.74) is -0.843. The molecule has 1 heterocycles. The molecule has 2 fully saturated rings. The molecule has 1 saturated heterocycles. The van der Waals surface area contributed by atoms with Gasteiger partial charge in [-0.25, -0.2) is 4.79 Å². The lowest BCUT2D eigenvalue weighted by Crippen LogP contribution is -2.49. The molecule has 3 atom stereocenters. The van der Waals surface area contributed by atoms with E-state index in [1.165, 1.54) is 6.42 Å². The number of amides is 4. The van der Waals surface area contributed by atoms with Crippen molar-refractivity contribution in [1.82, 2.24) is 15.5 Å². The minimum Gasteiger partial charge on any atom is -0.352 e. The number of nitrogens with zero attached hydrogens (tertiary/aromatic N) is 1. The van der Waals surface area contributed by atoms with E-state index in [4.69, 9.17) is 0 Å². The van der Waals surface area contributed by atoms with E-state index in [-0.39, 0.29) is 24.4 Å². The number of carbonyl (C=O) groups excluding carboxylic acids is 3. The summed E-state index contributed by atoms with van der Waals surface area (Å²) in [6.07, 6.45) is 4.32. The molecule has 0 aromatic carbocycles. The second-order valence-electron chi connectivity index (χ2n) is 7.05. The SMILES string of the molecule is CCC1(CC)NC(=O)N(CC(=O)NC2CCCC(C)C2C)C1=O. The van der Waals surface area contributed by atoms with Gasteiger partial charge in [0.05, 0.1) is 0 Å². The molecule has 6 heteroatoms. The van der Waals surface area contributed by atoms with E-state index in [1.54, 1.807) is 0 Å². The highest BCUT2D eigenvalue weighted by molar-refractivity contribution is 6.08. The minimum atomic E-state index is -0.843. The fraction of sp³-hybridized carbons (Fsp3) is 0.824. The van der Waals surface area contributed by atoms with Gasteiger partial charge < -0.3 is 10.6 Å². The number of urea groups is 1. The van der Waals surface area contributed by atoms with Crippen molar-refractivity contribution in [1.29, 1.82) is 0 Å². The third-order valence-corrected chi connectivity index (χ3v) is 5.81. The predicted molar refractivity (Wildman–Crippen MR) is 87.7 cm³/mol. The number of rotatable bonds is 5. The average molecular weight is 323 g/mol. The molecule has 23 heavy (non-hydrogen) atoms. The monoisotopic (exact) mass is 323 g/mol.